The maximum atomic E-state index is 12.4. The van der Waals surface area contributed by atoms with Crippen molar-refractivity contribution < 1.29 is 8.78 Å². The van der Waals surface area contributed by atoms with Gasteiger partial charge < -0.3 is 0 Å². The van der Waals surface area contributed by atoms with E-state index in [0.717, 1.165) is 0 Å². The Labute approximate surface area is 69.9 Å². The van der Waals surface area contributed by atoms with Crippen molar-refractivity contribution in [2.45, 2.75) is 5.92 Å². The van der Waals surface area contributed by atoms with Crippen molar-refractivity contribution in [2.75, 3.05) is 0 Å². The van der Waals surface area contributed by atoms with Gasteiger partial charge in [0.2, 0.25) is 0 Å². The van der Waals surface area contributed by atoms with E-state index in [-0.39, 0.29) is 9.81 Å². The van der Waals surface area contributed by atoms with Gasteiger partial charge in [-0.25, -0.2) is 0 Å². The van der Waals surface area contributed by atoms with Crippen molar-refractivity contribution in [2.24, 2.45) is 0 Å². The maximum absolute atomic E-state index is 12.4. The lowest BCUT2D eigenvalue weighted by Gasteiger charge is -1.89. The summed E-state index contributed by atoms with van der Waals surface area (Å²) in [5, 5.41) is 19.2. The summed E-state index contributed by atoms with van der Waals surface area (Å²) in [6, 6.07) is 0. The molecule has 1 aliphatic rings. The number of thiocyanates is 2. The topological polar surface area (TPSA) is 47.6 Å². The highest BCUT2D eigenvalue weighted by Gasteiger charge is 2.57. The van der Waals surface area contributed by atoms with Gasteiger partial charge in [0, 0.05) is 0 Å². The van der Waals surface area contributed by atoms with Crippen LogP contribution in [0.2, 0.25) is 0 Å². The van der Waals surface area contributed by atoms with Gasteiger partial charge in [-0.2, -0.15) is 19.3 Å². The fraction of sp³-hybridized carbons (Fsp3) is 0.200. The molecule has 0 radical (unpaired) electrons. The molecule has 0 spiro atoms. The predicted octanol–water partition coefficient (Wildman–Crippen LogP) is 2.28. The van der Waals surface area contributed by atoms with Gasteiger partial charge in [-0.3, -0.25) is 0 Å². The first-order valence-corrected chi connectivity index (χ1v) is 4.02. The molecule has 0 unspecified atom stereocenters. The lowest BCUT2D eigenvalue weighted by Crippen LogP contribution is -1.93. The van der Waals surface area contributed by atoms with Gasteiger partial charge >= 0.3 is 5.92 Å². The molecule has 1 aliphatic carbocycles. The number of nitrogens with zero attached hydrogens (tertiary/aromatic N) is 2. The normalized spacial score (nSPS) is 18.9. The average Bonchev–Trinajstić information content (AvgIpc) is 2.41. The second-order valence-corrected chi connectivity index (χ2v) is 3.21. The minimum atomic E-state index is -3.00. The van der Waals surface area contributed by atoms with E-state index in [2.05, 4.69) is 0 Å². The Bertz CT molecular complexity index is 269. The summed E-state index contributed by atoms with van der Waals surface area (Å²) in [6.45, 7) is 0. The third kappa shape index (κ3) is 1.32. The molecule has 56 valence electrons. The van der Waals surface area contributed by atoms with Crippen molar-refractivity contribution in [3.63, 3.8) is 0 Å². The first kappa shape index (κ1) is 8.38. The van der Waals surface area contributed by atoms with Crippen LogP contribution >= 0.6 is 23.5 Å². The zero-order valence-electron chi connectivity index (χ0n) is 4.97. The Morgan fingerprint density at radius 1 is 1.09 bits per heavy atom. The molecule has 1 rings (SSSR count). The van der Waals surface area contributed by atoms with Gasteiger partial charge in [0.05, 0.1) is 9.81 Å². The third-order valence-electron chi connectivity index (χ3n) is 1.01. The fourth-order valence-corrected chi connectivity index (χ4v) is 1.81. The van der Waals surface area contributed by atoms with Crippen LogP contribution in [0.4, 0.5) is 8.78 Å². The van der Waals surface area contributed by atoms with Crippen LogP contribution in [-0.4, -0.2) is 5.92 Å². The lowest BCUT2D eigenvalue weighted by atomic mass is 10.7. The molecule has 2 nitrogen and oxygen atoms in total. The summed E-state index contributed by atoms with van der Waals surface area (Å²) >= 11 is 0.831. The number of alkyl halides is 2. The van der Waals surface area contributed by atoms with Gasteiger partial charge in [-0.15, -0.1) is 0 Å². The van der Waals surface area contributed by atoms with Crippen LogP contribution in [0.25, 0.3) is 0 Å². The van der Waals surface area contributed by atoms with Gasteiger partial charge in [0.25, 0.3) is 0 Å². The van der Waals surface area contributed by atoms with Crippen LogP contribution in [0.5, 0.6) is 0 Å². The van der Waals surface area contributed by atoms with Crippen LogP contribution in [0, 0.1) is 21.3 Å². The fourth-order valence-electron chi connectivity index (χ4n) is 0.508. The van der Waals surface area contributed by atoms with E-state index in [9.17, 15) is 8.78 Å². The van der Waals surface area contributed by atoms with E-state index >= 15 is 0 Å². The van der Waals surface area contributed by atoms with Crippen molar-refractivity contribution in [1.29, 1.82) is 10.5 Å². The molecular formula is C5F2N2S2. The van der Waals surface area contributed by atoms with Gasteiger partial charge in [0.1, 0.15) is 10.8 Å². The van der Waals surface area contributed by atoms with Crippen LogP contribution in [-0.2, 0) is 0 Å². The molecule has 0 aromatic carbocycles. The van der Waals surface area contributed by atoms with Crippen molar-refractivity contribution in [3.05, 3.63) is 9.81 Å². The maximum Gasteiger partial charge on any atom is 0.313 e. The molecule has 0 amide bonds. The SMILES string of the molecule is N#CSC1=C(SC#N)C1(F)F. The number of allylic oxidation sites excluding steroid dienone is 2. The van der Waals surface area contributed by atoms with Crippen molar-refractivity contribution >= 4 is 23.5 Å². The van der Waals surface area contributed by atoms with Gasteiger partial charge in [-0.1, -0.05) is 0 Å². The molecule has 0 saturated heterocycles. The van der Waals surface area contributed by atoms with E-state index < -0.39 is 5.92 Å². The van der Waals surface area contributed by atoms with Crippen LogP contribution in [0.3, 0.4) is 0 Å². The lowest BCUT2D eigenvalue weighted by molar-refractivity contribution is 0.147. The summed E-state index contributed by atoms with van der Waals surface area (Å²) in [5.41, 5.74) is 0. The molecule has 11 heavy (non-hydrogen) atoms. The summed E-state index contributed by atoms with van der Waals surface area (Å²) in [7, 11) is 0. The largest absolute Gasteiger partial charge is 0.313 e. The summed E-state index contributed by atoms with van der Waals surface area (Å²) in [6.07, 6.45) is 0. The van der Waals surface area contributed by atoms with Gasteiger partial charge in [-0.05, 0) is 23.5 Å². The molecule has 0 bridgehead atoms. The Hall–Kier alpha value is -0.720. The first-order valence-electron chi connectivity index (χ1n) is 2.39. The second-order valence-electron chi connectivity index (χ2n) is 1.62. The Kier molecular flexibility index (Phi) is 2.08. The monoisotopic (exact) mass is 190 g/mol. The molecule has 0 fully saturated rings. The second kappa shape index (κ2) is 2.72. The molecule has 6 heteroatoms. The Morgan fingerprint density at radius 2 is 1.45 bits per heavy atom. The minimum absolute atomic E-state index is 0.286. The van der Waals surface area contributed by atoms with E-state index in [1.54, 1.807) is 0 Å². The smallest absolute Gasteiger partial charge is 0.194 e. The minimum Gasteiger partial charge on any atom is -0.194 e. The summed E-state index contributed by atoms with van der Waals surface area (Å²) in [4.78, 5) is -0.571. The Morgan fingerprint density at radius 3 is 1.73 bits per heavy atom. The number of hydrogen-bond acceptors (Lipinski definition) is 4. The molecule has 0 aromatic rings. The zero-order chi connectivity index (χ0) is 8.48. The number of nitriles is 2. The highest BCUT2D eigenvalue weighted by atomic mass is 32.2. The molecule has 0 N–H and O–H groups in total. The third-order valence-corrected chi connectivity index (χ3v) is 2.65. The van der Waals surface area contributed by atoms with Crippen molar-refractivity contribution in [1.82, 2.24) is 0 Å². The molecular weight excluding hydrogens is 190 g/mol. The number of thioether (sulfide) groups is 2. The molecule has 0 aromatic heterocycles. The molecule has 0 aliphatic heterocycles. The average molecular weight is 190 g/mol. The van der Waals surface area contributed by atoms with Crippen molar-refractivity contribution in [3.8, 4) is 10.8 Å². The van der Waals surface area contributed by atoms with Gasteiger partial charge in [0.15, 0.2) is 0 Å². The quantitative estimate of drug-likeness (QED) is 0.627. The van der Waals surface area contributed by atoms with Crippen LogP contribution in [0.15, 0.2) is 9.81 Å². The summed E-state index contributed by atoms with van der Waals surface area (Å²) in [5.74, 6) is -3.00. The number of halogens is 2. The molecule has 0 atom stereocenters. The predicted molar refractivity (Wildman–Crippen MR) is 38.4 cm³/mol. The number of hydrogen-bond donors (Lipinski definition) is 0. The van der Waals surface area contributed by atoms with E-state index in [1.165, 1.54) is 10.8 Å². The Balaban J connectivity index is 2.66. The van der Waals surface area contributed by atoms with E-state index in [1.807, 2.05) is 0 Å². The zero-order valence-corrected chi connectivity index (χ0v) is 6.60. The van der Waals surface area contributed by atoms with Crippen LogP contribution in [0.1, 0.15) is 0 Å². The first-order chi connectivity index (χ1) is 5.14. The standard InChI is InChI=1S/C5F2N2S2/c6-5(7)3(10-1-8)4(5)11-2-9. The highest BCUT2D eigenvalue weighted by molar-refractivity contribution is 8.12. The van der Waals surface area contributed by atoms with Crippen LogP contribution < -0.4 is 0 Å². The van der Waals surface area contributed by atoms with E-state index in [0.29, 0.717) is 23.5 Å². The molecule has 0 heterocycles. The summed E-state index contributed by atoms with van der Waals surface area (Å²) < 4.78 is 24.8. The number of rotatable bonds is 2. The van der Waals surface area contributed by atoms with E-state index in [4.69, 9.17) is 10.5 Å². The molecule has 0 saturated carbocycles. The highest BCUT2D eigenvalue weighted by Crippen LogP contribution is 2.59.